The van der Waals surface area contributed by atoms with Crippen LogP contribution in [0.4, 0.5) is 0 Å². The van der Waals surface area contributed by atoms with Crippen LogP contribution in [-0.2, 0) is 6.54 Å². The number of carbonyl (C=O) groups excluding carboxylic acids is 1. The molecular formula is C16H14N4O2. The largest absolute Gasteiger partial charge is 0.497 e. The highest BCUT2D eigenvalue weighted by Gasteiger charge is 2.08. The zero-order valence-electron chi connectivity index (χ0n) is 12.0. The summed E-state index contributed by atoms with van der Waals surface area (Å²) in [5, 5.41) is 3.62. The van der Waals surface area contributed by atoms with Crippen molar-refractivity contribution in [3.05, 3.63) is 60.3 Å². The number of pyridine rings is 1. The van der Waals surface area contributed by atoms with Crippen LogP contribution >= 0.6 is 0 Å². The Bertz CT molecular complexity index is 803. The van der Waals surface area contributed by atoms with E-state index in [2.05, 4.69) is 20.3 Å². The van der Waals surface area contributed by atoms with Crippen molar-refractivity contribution in [1.82, 2.24) is 20.3 Å². The van der Waals surface area contributed by atoms with E-state index < -0.39 is 0 Å². The molecule has 0 aliphatic rings. The minimum atomic E-state index is -0.235. The van der Waals surface area contributed by atoms with Gasteiger partial charge in [-0.15, -0.1) is 0 Å². The summed E-state index contributed by atoms with van der Waals surface area (Å²) < 4.78 is 5.10. The Balaban J connectivity index is 1.69. The van der Waals surface area contributed by atoms with Gasteiger partial charge in [-0.1, -0.05) is 12.1 Å². The molecule has 1 N–H and O–H groups in total. The van der Waals surface area contributed by atoms with E-state index in [1.807, 2.05) is 24.3 Å². The molecule has 0 fully saturated rings. The monoisotopic (exact) mass is 294 g/mol. The van der Waals surface area contributed by atoms with Crippen molar-refractivity contribution >= 4 is 16.8 Å². The van der Waals surface area contributed by atoms with Gasteiger partial charge in [-0.05, 0) is 23.8 Å². The smallest absolute Gasteiger partial charge is 0.270 e. The molecule has 2 aromatic heterocycles. The third kappa shape index (κ3) is 3.01. The molecule has 0 spiro atoms. The summed E-state index contributed by atoms with van der Waals surface area (Å²) in [5.41, 5.74) is 2.04. The number of methoxy groups -OCH3 is 1. The Morgan fingerprint density at radius 2 is 2.00 bits per heavy atom. The summed E-state index contributed by atoms with van der Waals surface area (Å²) in [6, 6.07) is 9.19. The summed E-state index contributed by atoms with van der Waals surface area (Å²) in [4.78, 5) is 24.3. The number of nitrogens with zero attached hydrogens (tertiary/aromatic N) is 3. The lowest BCUT2D eigenvalue weighted by Crippen LogP contribution is -2.23. The van der Waals surface area contributed by atoms with E-state index in [9.17, 15) is 4.79 Å². The van der Waals surface area contributed by atoms with E-state index in [1.165, 1.54) is 6.33 Å². The quantitative estimate of drug-likeness (QED) is 0.796. The Morgan fingerprint density at radius 3 is 2.77 bits per heavy atom. The van der Waals surface area contributed by atoms with Gasteiger partial charge in [-0.3, -0.25) is 4.79 Å². The number of nitrogens with one attached hydrogen (secondary N) is 1. The molecule has 6 nitrogen and oxygen atoms in total. The van der Waals surface area contributed by atoms with E-state index in [0.717, 1.165) is 16.7 Å². The lowest BCUT2D eigenvalue weighted by atomic mass is 10.2. The number of amides is 1. The van der Waals surface area contributed by atoms with E-state index in [0.29, 0.717) is 17.8 Å². The molecule has 0 bridgehead atoms. The van der Waals surface area contributed by atoms with Crippen LogP contribution in [-0.4, -0.2) is 28.0 Å². The van der Waals surface area contributed by atoms with Gasteiger partial charge in [0.1, 0.15) is 17.8 Å². The summed E-state index contributed by atoms with van der Waals surface area (Å²) in [7, 11) is 1.62. The number of hydrogen-bond acceptors (Lipinski definition) is 5. The third-order valence-electron chi connectivity index (χ3n) is 3.24. The summed E-state index contributed by atoms with van der Waals surface area (Å²) in [5.74, 6) is 0.549. The van der Waals surface area contributed by atoms with Gasteiger partial charge < -0.3 is 10.1 Å². The second-order valence-electron chi connectivity index (χ2n) is 4.68. The molecule has 0 aliphatic heterocycles. The minimum Gasteiger partial charge on any atom is -0.497 e. The lowest BCUT2D eigenvalue weighted by molar-refractivity contribution is 0.0946. The number of ether oxygens (including phenoxy) is 1. The third-order valence-corrected chi connectivity index (χ3v) is 3.24. The first-order valence-corrected chi connectivity index (χ1v) is 6.73. The molecule has 22 heavy (non-hydrogen) atoms. The van der Waals surface area contributed by atoms with Gasteiger partial charge in [0.15, 0.2) is 0 Å². The van der Waals surface area contributed by atoms with Crippen LogP contribution in [0.2, 0.25) is 0 Å². The maximum atomic E-state index is 12.1. The number of carbonyl (C=O) groups is 1. The first-order valence-electron chi connectivity index (χ1n) is 6.73. The molecule has 0 aliphatic carbocycles. The van der Waals surface area contributed by atoms with E-state index in [-0.39, 0.29) is 5.91 Å². The normalized spacial score (nSPS) is 10.4. The van der Waals surface area contributed by atoms with E-state index in [4.69, 9.17) is 4.74 Å². The van der Waals surface area contributed by atoms with Gasteiger partial charge >= 0.3 is 0 Å². The summed E-state index contributed by atoms with van der Waals surface area (Å²) in [6.45, 7) is 0.424. The molecule has 110 valence electrons. The van der Waals surface area contributed by atoms with Gasteiger partial charge in [0.05, 0.1) is 18.8 Å². The van der Waals surface area contributed by atoms with Crippen molar-refractivity contribution in [2.45, 2.75) is 6.54 Å². The predicted molar refractivity (Wildman–Crippen MR) is 81.5 cm³/mol. The van der Waals surface area contributed by atoms with Crippen LogP contribution in [0.1, 0.15) is 16.1 Å². The number of benzene rings is 1. The van der Waals surface area contributed by atoms with Crippen molar-refractivity contribution in [2.75, 3.05) is 7.11 Å². The van der Waals surface area contributed by atoms with Gasteiger partial charge in [-0.25, -0.2) is 15.0 Å². The van der Waals surface area contributed by atoms with Crippen molar-refractivity contribution < 1.29 is 9.53 Å². The first-order chi connectivity index (χ1) is 10.8. The highest BCUT2D eigenvalue weighted by atomic mass is 16.5. The van der Waals surface area contributed by atoms with E-state index in [1.54, 1.807) is 25.6 Å². The van der Waals surface area contributed by atoms with Gasteiger partial charge in [-0.2, -0.15) is 0 Å². The minimum absolute atomic E-state index is 0.235. The Kier molecular flexibility index (Phi) is 3.91. The Labute approximate surface area is 127 Å². The fourth-order valence-corrected chi connectivity index (χ4v) is 2.02. The summed E-state index contributed by atoms with van der Waals surface area (Å²) in [6.07, 6.45) is 4.68. The zero-order chi connectivity index (χ0) is 15.4. The SMILES string of the molecule is COc1ccc(CNC(=O)c2cc3cncnc3cn2)cc1. The Morgan fingerprint density at radius 1 is 1.18 bits per heavy atom. The van der Waals surface area contributed by atoms with E-state index >= 15 is 0 Å². The maximum absolute atomic E-state index is 12.1. The van der Waals surface area contributed by atoms with Crippen LogP contribution in [0.3, 0.4) is 0 Å². The van der Waals surface area contributed by atoms with Crippen molar-refractivity contribution in [3.63, 3.8) is 0 Å². The van der Waals surface area contributed by atoms with Gasteiger partial charge in [0.2, 0.25) is 0 Å². The second kappa shape index (κ2) is 6.17. The van der Waals surface area contributed by atoms with Crippen LogP contribution in [0.5, 0.6) is 5.75 Å². The molecule has 1 amide bonds. The fraction of sp³-hybridized carbons (Fsp3) is 0.125. The van der Waals surface area contributed by atoms with Crippen molar-refractivity contribution in [3.8, 4) is 5.75 Å². The highest BCUT2D eigenvalue weighted by Crippen LogP contribution is 2.12. The summed E-state index contributed by atoms with van der Waals surface area (Å²) >= 11 is 0. The molecule has 0 saturated carbocycles. The predicted octanol–water partition coefficient (Wildman–Crippen LogP) is 1.96. The van der Waals surface area contributed by atoms with Crippen LogP contribution < -0.4 is 10.1 Å². The van der Waals surface area contributed by atoms with Gasteiger partial charge in [0.25, 0.3) is 5.91 Å². The molecule has 6 heteroatoms. The lowest BCUT2D eigenvalue weighted by Gasteiger charge is -2.06. The molecule has 0 radical (unpaired) electrons. The number of hydrogen-bond donors (Lipinski definition) is 1. The number of aromatic nitrogens is 3. The molecule has 3 aromatic rings. The molecule has 0 unspecified atom stereocenters. The first kappa shape index (κ1) is 13.9. The fourth-order valence-electron chi connectivity index (χ4n) is 2.02. The van der Waals surface area contributed by atoms with Crippen molar-refractivity contribution in [1.29, 1.82) is 0 Å². The molecule has 3 rings (SSSR count). The average Bonchev–Trinajstić information content (AvgIpc) is 2.59. The zero-order valence-corrected chi connectivity index (χ0v) is 12.0. The molecule has 2 heterocycles. The second-order valence-corrected chi connectivity index (χ2v) is 4.68. The van der Waals surface area contributed by atoms with Crippen LogP contribution in [0.25, 0.3) is 10.9 Å². The molecule has 0 atom stereocenters. The molecule has 1 aromatic carbocycles. The average molecular weight is 294 g/mol. The highest BCUT2D eigenvalue weighted by molar-refractivity contribution is 5.95. The maximum Gasteiger partial charge on any atom is 0.270 e. The topological polar surface area (TPSA) is 77.0 Å². The van der Waals surface area contributed by atoms with Crippen LogP contribution in [0.15, 0.2) is 49.1 Å². The number of fused-ring (bicyclic) bond motifs is 1. The standard InChI is InChI=1S/C16H14N4O2/c1-22-13-4-2-11(3-5-13)7-19-16(21)14-6-12-8-17-10-20-15(12)9-18-14/h2-6,8-10H,7H2,1H3,(H,19,21). The Hall–Kier alpha value is -3.02. The molecule has 0 saturated heterocycles. The number of rotatable bonds is 4. The molecular weight excluding hydrogens is 280 g/mol. The van der Waals surface area contributed by atoms with Crippen molar-refractivity contribution in [2.24, 2.45) is 0 Å². The van der Waals surface area contributed by atoms with Gasteiger partial charge in [0, 0.05) is 18.1 Å². The van der Waals surface area contributed by atoms with Crippen LogP contribution in [0, 0.1) is 0 Å².